The van der Waals surface area contributed by atoms with Crippen LogP contribution in [0.5, 0.6) is 11.5 Å². The molecule has 1 aromatic rings. The third-order valence-electron chi connectivity index (χ3n) is 2.70. The number of fused-ring (bicyclic) bond motifs is 1. The maximum absolute atomic E-state index is 10.3. The van der Waals surface area contributed by atoms with Gasteiger partial charge in [-0.1, -0.05) is 5.16 Å². The van der Waals surface area contributed by atoms with E-state index in [1.165, 1.54) is 6.21 Å². The first-order chi connectivity index (χ1) is 9.10. The van der Waals surface area contributed by atoms with Gasteiger partial charge in [-0.15, -0.1) is 0 Å². The molecular weight excluding hydrogens is 250 g/mol. The Morgan fingerprint density at radius 2 is 2.42 bits per heavy atom. The minimum absolute atomic E-state index is 0.148. The second-order valence-electron chi connectivity index (χ2n) is 4.24. The summed E-state index contributed by atoms with van der Waals surface area (Å²) in [7, 11) is 1.57. The molecule has 0 aromatic heterocycles. The molecule has 0 saturated carbocycles. The van der Waals surface area contributed by atoms with Gasteiger partial charge in [0.2, 0.25) is 6.61 Å². The van der Waals surface area contributed by atoms with Crippen LogP contribution < -0.4 is 9.47 Å². The maximum atomic E-state index is 10.3. The highest BCUT2D eigenvalue weighted by molar-refractivity contribution is 5.84. The molecule has 19 heavy (non-hydrogen) atoms. The van der Waals surface area contributed by atoms with Gasteiger partial charge in [0, 0.05) is 17.5 Å². The SMILES string of the molecule is COc1cc2c(cc1/C=N/OCC(=O)O)OC(C)C2. The molecule has 102 valence electrons. The van der Waals surface area contributed by atoms with Crippen LogP contribution in [-0.4, -0.2) is 37.1 Å². The third kappa shape index (κ3) is 3.15. The average molecular weight is 265 g/mol. The van der Waals surface area contributed by atoms with Crippen LogP contribution >= 0.6 is 0 Å². The van der Waals surface area contributed by atoms with Crippen molar-refractivity contribution in [2.24, 2.45) is 5.16 Å². The van der Waals surface area contributed by atoms with E-state index >= 15 is 0 Å². The van der Waals surface area contributed by atoms with Gasteiger partial charge in [-0.05, 0) is 19.1 Å². The lowest BCUT2D eigenvalue weighted by Crippen LogP contribution is -2.05. The van der Waals surface area contributed by atoms with Crippen molar-refractivity contribution in [3.63, 3.8) is 0 Å². The molecule has 0 radical (unpaired) electrons. The lowest BCUT2D eigenvalue weighted by atomic mass is 10.1. The van der Waals surface area contributed by atoms with Crippen molar-refractivity contribution < 1.29 is 24.2 Å². The summed E-state index contributed by atoms with van der Waals surface area (Å²) in [5, 5.41) is 12.0. The number of ether oxygens (including phenoxy) is 2. The molecule has 0 spiro atoms. The zero-order chi connectivity index (χ0) is 13.8. The monoisotopic (exact) mass is 265 g/mol. The van der Waals surface area contributed by atoms with Crippen molar-refractivity contribution in [3.05, 3.63) is 23.3 Å². The van der Waals surface area contributed by atoms with Crippen LogP contribution in [0.4, 0.5) is 0 Å². The third-order valence-corrected chi connectivity index (χ3v) is 2.70. The number of rotatable bonds is 5. The van der Waals surface area contributed by atoms with Crippen molar-refractivity contribution in [1.82, 2.24) is 0 Å². The van der Waals surface area contributed by atoms with Crippen molar-refractivity contribution in [3.8, 4) is 11.5 Å². The van der Waals surface area contributed by atoms with E-state index in [0.29, 0.717) is 11.3 Å². The number of benzene rings is 1. The van der Waals surface area contributed by atoms with Gasteiger partial charge in [0.1, 0.15) is 17.6 Å². The molecule has 0 fully saturated rings. The van der Waals surface area contributed by atoms with Crippen LogP contribution in [0.15, 0.2) is 17.3 Å². The Morgan fingerprint density at radius 1 is 1.63 bits per heavy atom. The van der Waals surface area contributed by atoms with Crippen LogP contribution in [0, 0.1) is 0 Å². The van der Waals surface area contributed by atoms with Crippen LogP contribution in [0.1, 0.15) is 18.1 Å². The van der Waals surface area contributed by atoms with E-state index < -0.39 is 12.6 Å². The van der Waals surface area contributed by atoms with Gasteiger partial charge in [-0.2, -0.15) is 0 Å². The summed E-state index contributed by atoms with van der Waals surface area (Å²) in [6.45, 7) is 1.52. The maximum Gasteiger partial charge on any atom is 0.344 e. The molecule has 1 atom stereocenters. The van der Waals surface area contributed by atoms with E-state index in [4.69, 9.17) is 14.6 Å². The summed E-state index contributed by atoms with van der Waals surface area (Å²) in [6.07, 6.45) is 2.41. The number of carbonyl (C=O) groups is 1. The predicted octanol–water partition coefficient (Wildman–Crippen LogP) is 1.45. The van der Waals surface area contributed by atoms with E-state index in [1.54, 1.807) is 7.11 Å². The van der Waals surface area contributed by atoms with Crippen LogP contribution in [-0.2, 0) is 16.1 Å². The smallest absolute Gasteiger partial charge is 0.344 e. The molecule has 1 heterocycles. The number of methoxy groups -OCH3 is 1. The highest BCUT2D eigenvalue weighted by atomic mass is 16.6. The van der Waals surface area contributed by atoms with Crippen molar-refractivity contribution >= 4 is 12.2 Å². The largest absolute Gasteiger partial charge is 0.496 e. The number of aliphatic carboxylic acids is 1. The van der Waals surface area contributed by atoms with Gasteiger partial charge in [0.05, 0.1) is 13.3 Å². The summed E-state index contributed by atoms with van der Waals surface area (Å²) in [5.41, 5.74) is 1.77. The van der Waals surface area contributed by atoms with E-state index in [0.717, 1.165) is 17.7 Å². The number of carboxylic acids is 1. The molecule has 0 aliphatic carbocycles. The lowest BCUT2D eigenvalue weighted by Gasteiger charge is -2.07. The fourth-order valence-electron chi connectivity index (χ4n) is 1.92. The molecule has 6 heteroatoms. The van der Waals surface area contributed by atoms with E-state index in [-0.39, 0.29) is 6.10 Å². The summed E-state index contributed by atoms with van der Waals surface area (Å²) in [4.78, 5) is 14.9. The molecule has 1 unspecified atom stereocenters. The molecule has 1 aliphatic rings. The number of hydrogen-bond donors (Lipinski definition) is 1. The predicted molar refractivity (Wildman–Crippen MR) is 68.0 cm³/mol. The number of hydrogen-bond acceptors (Lipinski definition) is 5. The summed E-state index contributed by atoms with van der Waals surface area (Å²) >= 11 is 0. The van der Waals surface area contributed by atoms with Crippen molar-refractivity contribution in [2.45, 2.75) is 19.4 Å². The first-order valence-corrected chi connectivity index (χ1v) is 5.85. The topological polar surface area (TPSA) is 77.4 Å². The van der Waals surface area contributed by atoms with E-state index in [1.807, 2.05) is 19.1 Å². The fraction of sp³-hybridized carbons (Fsp3) is 0.385. The minimum atomic E-state index is -1.07. The number of carboxylic acid groups (broad SMARTS) is 1. The molecule has 0 saturated heterocycles. The highest BCUT2D eigenvalue weighted by Crippen LogP contribution is 2.34. The van der Waals surface area contributed by atoms with E-state index in [2.05, 4.69) is 9.99 Å². The summed E-state index contributed by atoms with van der Waals surface area (Å²) < 4.78 is 10.9. The highest BCUT2D eigenvalue weighted by Gasteiger charge is 2.21. The first kappa shape index (κ1) is 13.2. The number of oxime groups is 1. The molecule has 1 N–H and O–H groups in total. The summed E-state index contributed by atoms with van der Waals surface area (Å²) in [5.74, 6) is 0.377. The Morgan fingerprint density at radius 3 is 3.11 bits per heavy atom. The van der Waals surface area contributed by atoms with Gasteiger partial charge < -0.3 is 19.4 Å². The van der Waals surface area contributed by atoms with Crippen molar-refractivity contribution in [2.75, 3.05) is 13.7 Å². The minimum Gasteiger partial charge on any atom is -0.496 e. The van der Waals surface area contributed by atoms with Gasteiger partial charge in [-0.25, -0.2) is 4.79 Å². The first-order valence-electron chi connectivity index (χ1n) is 5.85. The van der Waals surface area contributed by atoms with Gasteiger partial charge in [-0.3, -0.25) is 0 Å². The molecule has 6 nitrogen and oxygen atoms in total. The van der Waals surface area contributed by atoms with Crippen LogP contribution in [0.3, 0.4) is 0 Å². The molecule has 1 aliphatic heterocycles. The molecule has 0 bridgehead atoms. The molecule has 0 amide bonds. The summed E-state index contributed by atoms with van der Waals surface area (Å²) in [6, 6.07) is 3.71. The Bertz CT molecular complexity index is 512. The molecule has 2 rings (SSSR count). The Labute approximate surface area is 110 Å². The quantitative estimate of drug-likeness (QED) is 0.644. The van der Waals surface area contributed by atoms with Gasteiger partial charge in [0.25, 0.3) is 0 Å². The molecular formula is C13H15NO5. The second-order valence-corrected chi connectivity index (χ2v) is 4.24. The normalized spacial score (nSPS) is 17.1. The molecule has 1 aromatic carbocycles. The van der Waals surface area contributed by atoms with Crippen LogP contribution in [0.2, 0.25) is 0 Å². The zero-order valence-corrected chi connectivity index (χ0v) is 10.8. The standard InChI is InChI=1S/C13H15NO5/c1-8-3-9-4-11(17-2)10(5-12(9)19-8)6-14-18-7-13(15)16/h4-6,8H,3,7H2,1-2H3,(H,15,16)/b14-6+. The Balaban J connectivity index is 2.16. The van der Waals surface area contributed by atoms with Crippen LogP contribution in [0.25, 0.3) is 0 Å². The lowest BCUT2D eigenvalue weighted by molar-refractivity contribution is -0.142. The van der Waals surface area contributed by atoms with Gasteiger partial charge >= 0.3 is 5.97 Å². The Kier molecular flexibility index (Phi) is 3.89. The number of nitrogens with zero attached hydrogens (tertiary/aromatic N) is 1. The van der Waals surface area contributed by atoms with Crippen molar-refractivity contribution in [1.29, 1.82) is 0 Å². The zero-order valence-electron chi connectivity index (χ0n) is 10.8. The second kappa shape index (κ2) is 5.60. The average Bonchev–Trinajstić information content (AvgIpc) is 2.72. The Hall–Kier alpha value is -2.24. The van der Waals surface area contributed by atoms with Gasteiger partial charge in [0.15, 0.2) is 0 Å². The fourth-order valence-corrected chi connectivity index (χ4v) is 1.92. The van der Waals surface area contributed by atoms with E-state index in [9.17, 15) is 4.79 Å².